The number of aliphatic hydroxyl groups is 1. The minimum Gasteiger partial charge on any atom is -0.480 e. The van der Waals surface area contributed by atoms with Gasteiger partial charge in [0, 0.05) is 57.6 Å². The molecule has 1 fully saturated rings. The number of nitrogens with one attached hydrogen (secondary N) is 10. The monoisotopic (exact) mass is 1460 g/mol. The van der Waals surface area contributed by atoms with Crippen LogP contribution in [0.25, 0.3) is 0 Å². The van der Waals surface area contributed by atoms with Crippen LogP contribution in [-0.2, 0) is 59.2 Å². The van der Waals surface area contributed by atoms with Crippen molar-refractivity contribution in [3.8, 4) is 0 Å². The second-order valence-corrected chi connectivity index (χ2v) is 24.6. The van der Waals surface area contributed by atoms with E-state index in [4.69, 9.17) is 74.5 Å². The van der Waals surface area contributed by atoms with Crippen LogP contribution in [0.5, 0.6) is 0 Å². The van der Waals surface area contributed by atoms with Gasteiger partial charge in [0.1, 0.15) is 66.5 Å². The smallest absolute Gasteiger partial charge is 0.326 e. The molecule has 10 amide bonds. The largest absolute Gasteiger partial charge is 0.480 e. The highest BCUT2D eigenvalue weighted by Gasteiger charge is 2.40. The standard InChI is InChI=1S/C60H112N30O13/c1-32(81-46(93)37(15-7-23-75-56(64)65)88-53(100)43-20-12-28-90(43)54(101)44(63)33(2)91)45(92)82-38(16-8-24-76-57(66)67)49(96)85-40(18-10-26-78-59(70)71)51(98)86-39(17-9-25-77-58(68)69)50(97)84-35(13-3-5-21-61)47(94)83-36(14-4-6-22-62)48(95)87-41(19-11-27-79-60(72)73)52(99)89-42(55(102)103)29-34-30-74-31-80-34/h30-33,35-44,91H,3-29,61-63H2,1-2H3,(H,74,80)(H,81,93)(H,82,92)(H,83,94)(H,84,97)(H,85,96)(H,86,98)(H,87,95)(H,88,100)(H,89,99)(H,102,103)(H4,64,65,75)(H4,66,67,76)(H4,68,69,77)(H4,70,71,78)(H4,72,73,79)/t32-,33+,35-,36-,37-,38-,39-,40-,41-,42-,43-,44-/m0/s1. The van der Waals surface area contributed by atoms with Crippen LogP contribution < -0.4 is 122 Å². The molecular formula is C60H112N30O13. The first-order valence-electron chi connectivity index (χ1n) is 34.1. The van der Waals surface area contributed by atoms with E-state index < -0.39 is 138 Å². The first-order chi connectivity index (χ1) is 48.8. The Morgan fingerprint density at radius 1 is 0.476 bits per heavy atom. The average Bonchev–Trinajstić information content (AvgIpc) is 1.74. The lowest BCUT2D eigenvalue weighted by molar-refractivity contribution is -0.142. The highest BCUT2D eigenvalue weighted by atomic mass is 16.4. The van der Waals surface area contributed by atoms with Gasteiger partial charge < -0.3 is 142 Å². The van der Waals surface area contributed by atoms with Crippen molar-refractivity contribution in [2.24, 2.45) is 99.5 Å². The molecule has 1 aliphatic heterocycles. The summed E-state index contributed by atoms with van der Waals surface area (Å²) in [5.41, 5.74) is 73.6. The van der Waals surface area contributed by atoms with Crippen molar-refractivity contribution < 1.29 is 63.0 Å². The Labute approximate surface area is 597 Å². The number of aliphatic imine (C=N–C) groups is 5. The molecule has 0 radical (unpaired) electrons. The van der Waals surface area contributed by atoms with Crippen molar-refractivity contribution in [2.45, 2.75) is 208 Å². The van der Waals surface area contributed by atoms with Gasteiger partial charge in [-0.1, -0.05) is 0 Å². The molecule has 1 saturated heterocycles. The van der Waals surface area contributed by atoms with E-state index in [0.717, 1.165) is 0 Å². The van der Waals surface area contributed by atoms with E-state index in [-0.39, 0.29) is 185 Å². The van der Waals surface area contributed by atoms with Gasteiger partial charge in [-0.3, -0.25) is 72.9 Å². The summed E-state index contributed by atoms with van der Waals surface area (Å²) in [6, 6.07) is -15.3. The number of hydrogen-bond donors (Lipinski definition) is 25. The molecule has 12 atom stereocenters. The minimum absolute atomic E-state index is 0.0220. The molecule has 43 heteroatoms. The van der Waals surface area contributed by atoms with E-state index in [1.54, 1.807) is 0 Å². The molecule has 103 heavy (non-hydrogen) atoms. The number of likely N-dealkylation sites (tertiary alicyclic amines) is 1. The zero-order chi connectivity index (χ0) is 77.1. The molecule has 38 N–H and O–H groups in total. The quantitative estimate of drug-likeness (QED) is 0.0164. The van der Waals surface area contributed by atoms with Gasteiger partial charge in [-0.15, -0.1) is 0 Å². The number of hydrogen-bond acceptors (Lipinski definition) is 21. The highest BCUT2D eigenvalue weighted by molar-refractivity contribution is 5.99. The number of carboxylic acids is 1. The van der Waals surface area contributed by atoms with Gasteiger partial charge in [0.25, 0.3) is 0 Å². The molecule has 0 aromatic carbocycles. The predicted molar refractivity (Wildman–Crippen MR) is 383 cm³/mol. The third kappa shape index (κ3) is 35.6. The van der Waals surface area contributed by atoms with Gasteiger partial charge in [-0.2, -0.15) is 0 Å². The topological polar surface area (TPSA) is 768 Å². The van der Waals surface area contributed by atoms with Crippen LogP contribution in [-0.4, -0.2) is 245 Å². The Kier molecular flexibility index (Phi) is 41.7. The van der Waals surface area contributed by atoms with Gasteiger partial charge in [-0.25, -0.2) is 9.78 Å². The number of aromatic nitrogens is 2. The number of carbonyl (C=O) groups excluding carboxylic acids is 10. The third-order valence-corrected chi connectivity index (χ3v) is 16.0. The van der Waals surface area contributed by atoms with Crippen molar-refractivity contribution >= 4 is 94.8 Å². The van der Waals surface area contributed by atoms with Crippen LogP contribution in [0.15, 0.2) is 37.5 Å². The number of H-pyrrole nitrogens is 1. The molecule has 2 heterocycles. The second kappa shape index (κ2) is 48.4. The van der Waals surface area contributed by atoms with E-state index in [1.807, 2.05) is 0 Å². The van der Waals surface area contributed by atoms with E-state index >= 15 is 0 Å². The summed E-state index contributed by atoms with van der Waals surface area (Å²) in [6.45, 7) is 3.08. The summed E-state index contributed by atoms with van der Waals surface area (Å²) in [5.74, 6) is -11.3. The molecule has 1 aliphatic rings. The predicted octanol–water partition coefficient (Wildman–Crippen LogP) is -10.4. The number of nitrogens with zero attached hydrogens (tertiary/aromatic N) is 7. The van der Waals surface area contributed by atoms with Crippen LogP contribution in [0.1, 0.15) is 135 Å². The highest BCUT2D eigenvalue weighted by Crippen LogP contribution is 2.20. The number of guanidine groups is 5. The Bertz CT molecular complexity index is 3020. The van der Waals surface area contributed by atoms with Crippen molar-refractivity contribution in [1.29, 1.82) is 0 Å². The number of aliphatic hydroxyl groups excluding tert-OH is 1. The molecule has 1 aromatic rings. The summed E-state index contributed by atoms with van der Waals surface area (Å²) in [4.78, 5) is 182. The van der Waals surface area contributed by atoms with E-state index in [1.165, 1.54) is 31.3 Å². The van der Waals surface area contributed by atoms with Gasteiger partial charge >= 0.3 is 5.97 Å². The SMILES string of the molecule is C[C@H](NC(=O)[C@H](CCCN=C(N)N)NC(=O)[C@@H]1CCCN1C(=O)[C@@H](N)[C@@H](C)O)C(=O)N[C@@H](CCCN=C(N)N)C(=O)N[C@@H](CCCN=C(N)N)C(=O)N[C@@H](CCCN=C(N)N)C(=O)N[C@@H](CCCCN)C(=O)N[C@@H](CCCCN)C(=O)N[C@@H](CCCN=C(N)N)C(=O)N[C@@H](Cc1cnc[nH]1)C(=O)O. The van der Waals surface area contributed by atoms with Crippen molar-refractivity contribution in [1.82, 2.24) is 62.7 Å². The van der Waals surface area contributed by atoms with E-state index in [2.05, 4.69) is 82.8 Å². The molecule has 0 saturated carbocycles. The molecule has 0 bridgehead atoms. The molecule has 0 unspecified atom stereocenters. The molecular weight excluding hydrogens is 1350 g/mol. The van der Waals surface area contributed by atoms with Crippen LogP contribution in [0.4, 0.5) is 0 Å². The maximum absolute atomic E-state index is 14.8. The van der Waals surface area contributed by atoms with Crippen molar-refractivity contribution in [3.63, 3.8) is 0 Å². The number of nitrogens with two attached hydrogens (primary N) is 13. The number of aromatic amines is 1. The average molecular weight is 1460 g/mol. The van der Waals surface area contributed by atoms with E-state index in [0.29, 0.717) is 25.0 Å². The molecule has 1 aromatic heterocycles. The van der Waals surface area contributed by atoms with Gasteiger partial charge in [0.05, 0.1) is 12.4 Å². The number of unbranched alkanes of at least 4 members (excludes halogenated alkanes) is 2. The van der Waals surface area contributed by atoms with Crippen LogP contribution in [0.2, 0.25) is 0 Å². The Morgan fingerprint density at radius 2 is 0.786 bits per heavy atom. The number of amides is 10. The van der Waals surface area contributed by atoms with Crippen LogP contribution >= 0.6 is 0 Å². The third-order valence-electron chi connectivity index (χ3n) is 16.0. The Morgan fingerprint density at radius 3 is 1.09 bits per heavy atom. The van der Waals surface area contributed by atoms with Gasteiger partial charge in [-0.05, 0) is 143 Å². The lowest BCUT2D eigenvalue weighted by atomic mass is 10.0. The number of aliphatic carboxylic acids is 1. The number of carbonyl (C=O) groups is 11. The lowest BCUT2D eigenvalue weighted by Crippen LogP contribution is -2.60. The molecule has 580 valence electrons. The van der Waals surface area contributed by atoms with Crippen LogP contribution in [0, 0.1) is 0 Å². The fraction of sp³-hybridized carbons (Fsp3) is 0.683. The Balaban J connectivity index is 2.61. The minimum atomic E-state index is -1.53. The van der Waals surface area contributed by atoms with Crippen molar-refractivity contribution in [2.75, 3.05) is 52.4 Å². The van der Waals surface area contributed by atoms with Crippen molar-refractivity contribution in [3.05, 3.63) is 18.2 Å². The summed E-state index contributed by atoms with van der Waals surface area (Å²) in [7, 11) is 0. The number of rotatable bonds is 51. The zero-order valence-electron chi connectivity index (χ0n) is 58.7. The summed E-state index contributed by atoms with van der Waals surface area (Å²) < 4.78 is 0. The maximum atomic E-state index is 14.8. The van der Waals surface area contributed by atoms with Gasteiger partial charge in [0.2, 0.25) is 59.1 Å². The molecule has 2 rings (SSSR count). The summed E-state index contributed by atoms with van der Waals surface area (Å²) >= 11 is 0. The number of carboxylic acid groups (broad SMARTS) is 1. The zero-order valence-corrected chi connectivity index (χ0v) is 58.7. The summed E-state index contributed by atoms with van der Waals surface area (Å²) in [5, 5.41) is 43.7. The Hall–Kier alpha value is -10.4. The fourth-order valence-corrected chi connectivity index (χ4v) is 10.5. The van der Waals surface area contributed by atoms with Gasteiger partial charge in [0.15, 0.2) is 29.8 Å². The van der Waals surface area contributed by atoms with E-state index in [9.17, 15) is 63.0 Å². The number of imidazole rings is 1. The molecule has 0 aliphatic carbocycles. The first kappa shape index (κ1) is 88.7. The molecule has 0 spiro atoms. The maximum Gasteiger partial charge on any atom is 0.326 e. The molecule has 43 nitrogen and oxygen atoms in total. The lowest BCUT2D eigenvalue weighted by Gasteiger charge is -2.29. The van der Waals surface area contributed by atoms with Crippen LogP contribution in [0.3, 0.4) is 0 Å². The fourth-order valence-electron chi connectivity index (χ4n) is 10.5. The summed E-state index contributed by atoms with van der Waals surface area (Å²) in [6.07, 6.45) is 2.82. The first-order valence-corrected chi connectivity index (χ1v) is 34.1. The normalized spacial score (nSPS) is 15.6. The second-order valence-electron chi connectivity index (χ2n) is 24.6.